The smallest absolute Gasteiger partial charge is 0.264 e. The Bertz CT molecular complexity index is 1100. The fraction of sp³-hybridized carbons (Fsp3) is 0.174. The second kappa shape index (κ2) is 9.54. The lowest BCUT2D eigenvalue weighted by atomic mass is 10.1. The van der Waals surface area contributed by atoms with E-state index in [1.165, 1.54) is 24.3 Å². The highest BCUT2D eigenvalue weighted by Crippen LogP contribution is 2.24. The van der Waals surface area contributed by atoms with Crippen LogP contribution in [-0.4, -0.2) is 27.4 Å². The van der Waals surface area contributed by atoms with Crippen LogP contribution in [0.25, 0.3) is 0 Å². The Labute approximate surface area is 176 Å². The molecule has 1 N–H and O–H groups in total. The van der Waals surface area contributed by atoms with Crippen molar-refractivity contribution < 1.29 is 17.6 Å². The van der Waals surface area contributed by atoms with Crippen LogP contribution >= 0.6 is 0 Å². The number of aryl methyl sites for hydroxylation is 1. The number of carbonyl (C=O) groups is 1. The van der Waals surface area contributed by atoms with Gasteiger partial charge in [0.2, 0.25) is 5.91 Å². The van der Waals surface area contributed by atoms with E-state index in [0.29, 0.717) is 18.7 Å². The predicted octanol–water partition coefficient (Wildman–Crippen LogP) is 3.69. The van der Waals surface area contributed by atoms with Crippen LogP contribution in [0.4, 0.5) is 10.1 Å². The number of rotatable bonds is 8. The van der Waals surface area contributed by atoms with Crippen LogP contribution in [0.15, 0.2) is 83.8 Å². The van der Waals surface area contributed by atoms with Gasteiger partial charge in [-0.25, -0.2) is 12.8 Å². The molecule has 0 spiro atoms. The average molecular weight is 427 g/mol. The molecule has 0 radical (unpaired) electrons. The summed E-state index contributed by atoms with van der Waals surface area (Å²) in [5.41, 5.74) is 2.19. The van der Waals surface area contributed by atoms with Crippen LogP contribution in [-0.2, 0) is 21.2 Å². The van der Waals surface area contributed by atoms with E-state index in [-0.39, 0.29) is 17.3 Å². The molecule has 1 amide bonds. The SMILES string of the molecule is Cc1cccc(N(CC(=O)NCCc2ccc(F)cc2)S(=O)(=O)c2ccccc2)c1. The lowest BCUT2D eigenvalue weighted by molar-refractivity contribution is -0.119. The highest BCUT2D eigenvalue weighted by molar-refractivity contribution is 7.92. The zero-order valence-corrected chi connectivity index (χ0v) is 17.4. The fourth-order valence-electron chi connectivity index (χ4n) is 3.00. The first-order valence-electron chi connectivity index (χ1n) is 9.52. The van der Waals surface area contributed by atoms with Crippen molar-refractivity contribution in [2.24, 2.45) is 0 Å². The Morgan fingerprint density at radius 1 is 0.967 bits per heavy atom. The third-order valence-corrected chi connectivity index (χ3v) is 6.35. The molecule has 0 unspecified atom stereocenters. The minimum Gasteiger partial charge on any atom is -0.354 e. The summed E-state index contributed by atoms with van der Waals surface area (Å²) >= 11 is 0. The first kappa shape index (κ1) is 21.5. The van der Waals surface area contributed by atoms with Crippen LogP contribution in [0.2, 0.25) is 0 Å². The van der Waals surface area contributed by atoms with Crippen molar-refractivity contribution in [1.82, 2.24) is 5.32 Å². The summed E-state index contributed by atoms with van der Waals surface area (Å²) in [5, 5.41) is 2.75. The number of amides is 1. The summed E-state index contributed by atoms with van der Waals surface area (Å²) in [6, 6.07) is 21.1. The van der Waals surface area contributed by atoms with Crippen LogP contribution in [0.5, 0.6) is 0 Å². The Balaban J connectivity index is 1.75. The molecule has 0 saturated heterocycles. The molecule has 3 aromatic carbocycles. The van der Waals surface area contributed by atoms with Gasteiger partial charge in [-0.2, -0.15) is 0 Å². The fourth-order valence-corrected chi connectivity index (χ4v) is 4.44. The van der Waals surface area contributed by atoms with Gasteiger partial charge < -0.3 is 5.32 Å². The standard InChI is InChI=1S/C23H23FN2O3S/c1-18-6-5-7-21(16-18)26(30(28,29)22-8-3-2-4-9-22)17-23(27)25-15-14-19-10-12-20(24)13-11-19/h2-13,16H,14-15,17H2,1H3,(H,25,27). The second-order valence-corrected chi connectivity index (χ2v) is 8.75. The number of nitrogens with one attached hydrogen (secondary N) is 1. The summed E-state index contributed by atoms with van der Waals surface area (Å²) < 4.78 is 40.5. The second-order valence-electron chi connectivity index (χ2n) is 6.89. The molecule has 0 aromatic heterocycles. The van der Waals surface area contributed by atoms with E-state index in [4.69, 9.17) is 0 Å². The minimum atomic E-state index is -3.92. The van der Waals surface area contributed by atoms with Gasteiger partial charge in [0.25, 0.3) is 10.0 Å². The third-order valence-electron chi connectivity index (χ3n) is 4.56. The van der Waals surface area contributed by atoms with Crippen molar-refractivity contribution in [3.63, 3.8) is 0 Å². The first-order valence-corrected chi connectivity index (χ1v) is 11.0. The maximum atomic E-state index is 13.2. The molecule has 3 aromatic rings. The highest BCUT2D eigenvalue weighted by atomic mass is 32.2. The number of hydrogen-bond acceptors (Lipinski definition) is 3. The Hall–Kier alpha value is -3.19. The van der Waals surface area contributed by atoms with Gasteiger partial charge in [-0.3, -0.25) is 9.10 Å². The minimum absolute atomic E-state index is 0.116. The number of hydrogen-bond donors (Lipinski definition) is 1. The van der Waals surface area contributed by atoms with Crippen molar-refractivity contribution in [2.45, 2.75) is 18.2 Å². The maximum Gasteiger partial charge on any atom is 0.264 e. The predicted molar refractivity (Wildman–Crippen MR) is 115 cm³/mol. The summed E-state index contributed by atoms with van der Waals surface area (Å²) in [7, 11) is -3.92. The van der Waals surface area contributed by atoms with Crippen molar-refractivity contribution in [3.05, 3.63) is 95.8 Å². The van der Waals surface area contributed by atoms with Gasteiger partial charge in [0, 0.05) is 6.54 Å². The summed E-state index contributed by atoms with van der Waals surface area (Å²) in [4.78, 5) is 12.7. The van der Waals surface area contributed by atoms with E-state index in [1.54, 1.807) is 48.5 Å². The van der Waals surface area contributed by atoms with Gasteiger partial charge in [-0.1, -0.05) is 42.5 Å². The quantitative estimate of drug-likeness (QED) is 0.597. The van der Waals surface area contributed by atoms with Crippen LogP contribution in [0.3, 0.4) is 0 Å². The Morgan fingerprint density at radius 2 is 1.67 bits per heavy atom. The molecule has 7 heteroatoms. The molecule has 3 rings (SSSR count). The van der Waals surface area contributed by atoms with Crippen molar-refractivity contribution >= 4 is 21.6 Å². The zero-order chi connectivity index (χ0) is 21.6. The third kappa shape index (κ3) is 5.45. The van der Waals surface area contributed by atoms with E-state index in [0.717, 1.165) is 15.4 Å². The normalized spacial score (nSPS) is 11.1. The molecule has 0 fully saturated rings. The van der Waals surface area contributed by atoms with E-state index in [1.807, 2.05) is 13.0 Å². The maximum absolute atomic E-state index is 13.2. The van der Waals surface area contributed by atoms with Crippen molar-refractivity contribution in [3.8, 4) is 0 Å². The molecule has 156 valence electrons. The van der Waals surface area contributed by atoms with Gasteiger partial charge in [0.05, 0.1) is 10.6 Å². The average Bonchev–Trinajstić information content (AvgIpc) is 2.74. The van der Waals surface area contributed by atoms with Gasteiger partial charge in [-0.05, 0) is 60.9 Å². The lowest BCUT2D eigenvalue weighted by Gasteiger charge is -2.24. The Kier molecular flexibility index (Phi) is 6.84. The molecular formula is C23H23FN2O3S. The van der Waals surface area contributed by atoms with Gasteiger partial charge >= 0.3 is 0 Å². The molecule has 0 aliphatic heterocycles. The van der Waals surface area contributed by atoms with Crippen molar-refractivity contribution in [1.29, 1.82) is 0 Å². The number of halogens is 1. The van der Waals surface area contributed by atoms with Gasteiger partial charge in [0.1, 0.15) is 12.4 Å². The highest BCUT2D eigenvalue weighted by Gasteiger charge is 2.27. The van der Waals surface area contributed by atoms with Crippen LogP contribution < -0.4 is 9.62 Å². The van der Waals surface area contributed by atoms with Crippen LogP contribution in [0.1, 0.15) is 11.1 Å². The van der Waals surface area contributed by atoms with Gasteiger partial charge in [-0.15, -0.1) is 0 Å². The molecule has 30 heavy (non-hydrogen) atoms. The number of benzene rings is 3. The zero-order valence-electron chi connectivity index (χ0n) is 16.6. The van der Waals surface area contributed by atoms with E-state index in [9.17, 15) is 17.6 Å². The Morgan fingerprint density at radius 3 is 2.33 bits per heavy atom. The molecule has 0 heterocycles. The molecule has 0 bridgehead atoms. The summed E-state index contributed by atoms with van der Waals surface area (Å²) in [6.45, 7) is 1.83. The van der Waals surface area contributed by atoms with E-state index >= 15 is 0 Å². The van der Waals surface area contributed by atoms with Gasteiger partial charge in [0.15, 0.2) is 0 Å². The van der Waals surface area contributed by atoms with Crippen LogP contribution in [0, 0.1) is 12.7 Å². The lowest BCUT2D eigenvalue weighted by Crippen LogP contribution is -2.41. The number of nitrogens with zero attached hydrogens (tertiary/aromatic N) is 1. The molecule has 0 atom stereocenters. The van der Waals surface area contributed by atoms with E-state index < -0.39 is 15.9 Å². The molecule has 5 nitrogen and oxygen atoms in total. The molecule has 0 aliphatic rings. The largest absolute Gasteiger partial charge is 0.354 e. The number of sulfonamides is 1. The molecule has 0 saturated carbocycles. The topological polar surface area (TPSA) is 66.5 Å². The van der Waals surface area contributed by atoms with Crippen molar-refractivity contribution in [2.75, 3.05) is 17.4 Å². The molecule has 0 aliphatic carbocycles. The monoisotopic (exact) mass is 426 g/mol. The summed E-state index contributed by atoms with van der Waals surface area (Å²) in [6.07, 6.45) is 0.516. The van der Waals surface area contributed by atoms with E-state index in [2.05, 4.69) is 5.32 Å². The number of anilines is 1. The first-order chi connectivity index (χ1) is 14.4. The summed E-state index contributed by atoms with van der Waals surface area (Å²) in [5.74, 6) is -0.735. The molecular weight excluding hydrogens is 403 g/mol. The number of carbonyl (C=O) groups excluding carboxylic acids is 1.